The van der Waals surface area contributed by atoms with Crippen molar-refractivity contribution >= 4 is 0 Å². The van der Waals surface area contributed by atoms with Crippen molar-refractivity contribution in [3.05, 3.63) is 30.1 Å². The number of hydrogen-bond donors (Lipinski definition) is 1. The van der Waals surface area contributed by atoms with E-state index in [9.17, 15) is 0 Å². The predicted octanol–water partition coefficient (Wildman–Crippen LogP) is 3.31. The molecule has 1 fully saturated rings. The summed E-state index contributed by atoms with van der Waals surface area (Å²) in [7, 11) is 0. The van der Waals surface area contributed by atoms with E-state index in [2.05, 4.69) is 30.2 Å². The van der Waals surface area contributed by atoms with Crippen LogP contribution in [0.1, 0.15) is 51.1 Å². The van der Waals surface area contributed by atoms with E-state index in [4.69, 9.17) is 0 Å². The number of pyridine rings is 1. The van der Waals surface area contributed by atoms with E-state index < -0.39 is 0 Å². The molecule has 0 amide bonds. The topological polar surface area (TPSA) is 24.9 Å². The summed E-state index contributed by atoms with van der Waals surface area (Å²) in [6.45, 7) is 4.59. The van der Waals surface area contributed by atoms with E-state index in [-0.39, 0.29) is 0 Å². The summed E-state index contributed by atoms with van der Waals surface area (Å²) in [6, 6.07) is 5.28. The van der Waals surface area contributed by atoms with E-state index in [1.807, 2.05) is 18.5 Å². The maximum absolute atomic E-state index is 4.17. The van der Waals surface area contributed by atoms with Gasteiger partial charge in [0.2, 0.25) is 0 Å². The molecule has 16 heavy (non-hydrogen) atoms. The van der Waals surface area contributed by atoms with Crippen LogP contribution in [0.2, 0.25) is 0 Å². The third-order valence-corrected chi connectivity index (χ3v) is 3.69. The van der Waals surface area contributed by atoms with Crippen LogP contribution in [0.4, 0.5) is 0 Å². The zero-order valence-corrected chi connectivity index (χ0v) is 10.3. The molecule has 0 unspecified atom stereocenters. The van der Waals surface area contributed by atoms with Crippen molar-refractivity contribution in [3.8, 4) is 0 Å². The number of rotatable bonds is 3. The van der Waals surface area contributed by atoms with Crippen molar-refractivity contribution < 1.29 is 0 Å². The molecule has 1 atom stereocenters. The summed E-state index contributed by atoms with van der Waals surface area (Å²) < 4.78 is 0. The Hall–Kier alpha value is -0.890. The van der Waals surface area contributed by atoms with Gasteiger partial charge in [-0.05, 0) is 50.2 Å². The molecule has 1 saturated carbocycles. The first-order valence-corrected chi connectivity index (χ1v) is 6.41. The summed E-state index contributed by atoms with van der Waals surface area (Å²) in [5.74, 6) is 0.923. The van der Waals surface area contributed by atoms with Crippen molar-refractivity contribution in [2.75, 3.05) is 0 Å². The fourth-order valence-corrected chi connectivity index (χ4v) is 2.51. The highest BCUT2D eigenvalue weighted by molar-refractivity contribution is 5.13. The maximum atomic E-state index is 4.17. The molecule has 1 aromatic heterocycles. The van der Waals surface area contributed by atoms with Crippen LogP contribution >= 0.6 is 0 Å². The third-order valence-electron chi connectivity index (χ3n) is 3.69. The van der Waals surface area contributed by atoms with Gasteiger partial charge in [0, 0.05) is 24.5 Å². The summed E-state index contributed by atoms with van der Waals surface area (Å²) in [5, 5.41) is 3.72. The SMILES string of the molecule is CC1CCC(N[C@H](C)c2cccnc2)CC1. The maximum Gasteiger partial charge on any atom is 0.0315 e. The molecule has 0 aromatic carbocycles. The highest BCUT2D eigenvalue weighted by Crippen LogP contribution is 2.25. The lowest BCUT2D eigenvalue weighted by Gasteiger charge is -2.29. The summed E-state index contributed by atoms with van der Waals surface area (Å²) in [5.41, 5.74) is 1.29. The molecule has 2 nitrogen and oxygen atoms in total. The minimum Gasteiger partial charge on any atom is -0.307 e. The number of nitrogens with one attached hydrogen (secondary N) is 1. The smallest absolute Gasteiger partial charge is 0.0315 e. The van der Waals surface area contributed by atoms with Crippen LogP contribution in [-0.2, 0) is 0 Å². The van der Waals surface area contributed by atoms with Gasteiger partial charge in [0.1, 0.15) is 0 Å². The lowest BCUT2D eigenvalue weighted by atomic mass is 9.87. The van der Waals surface area contributed by atoms with Gasteiger partial charge >= 0.3 is 0 Å². The highest BCUT2D eigenvalue weighted by Gasteiger charge is 2.19. The Labute approximate surface area is 98.5 Å². The van der Waals surface area contributed by atoms with Crippen LogP contribution in [0.15, 0.2) is 24.5 Å². The molecule has 2 rings (SSSR count). The van der Waals surface area contributed by atoms with Crippen molar-refractivity contribution in [1.82, 2.24) is 10.3 Å². The van der Waals surface area contributed by atoms with Crippen LogP contribution < -0.4 is 5.32 Å². The van der Waals surface area contributed by atoms with E-state index in [1.54, 1.807) is 0 Å². The summed E-state index contributed by atoms with van der Waals surface area (Å²) in [4.78, 5) is 4.17. The molecule has 1 aromatic rings. The Morgan fingerprint density at radius 2 is 2.06 bits per heavy atom. The van der Waals surface area contributed by atoms with E-state index in [0.717, 1.165) is 5.92 Å². The molecule has 1 aliphatic rings. The fourth-order valence-electron chi connectivity index (χ4n) is 2.51. The molecular formula is C14H22N2. The first kappa shape index (κ1) is 11.6. The van der Waals surface area contributed by atoms with Gasteiger partial charge in [-0.3, -0.25) is 4.98 Å². The van der Waals surface area contributed by atoms with Crippen LogP contribution in [0.5, 0.6) is 0 Å². The zero-order valence-electron chi connectivity index (χ0n) is 10.3. The van der Waals surface area contributed by atoms with Gasteiger partial charge in [-0.2, -0.15) is 0 Å². The Bertz CT molecular complexity index is 302. The van der Waals surface area contributed by atoms with Gasteiger partial charge in [-0.25, -0.2) is 0 Å². The highest BCUT2D eigenvalue weighted by atomic mass is 14.9. The molecule has 0 bridgehead atoms. The average Bonchev–Trinajstić information content (AvgIpc) is 2.33. The second kappa shape index (κ2) is 5.44. The Morgan fingerprint density at radius 3 is 2.69 bits per heavy atom. The zero-order chi connectivity index (χ0) is 11.4. The Kier molecular flexibility index (Phi) is 3.94. The fraction of sp³-hybridized carbons (Fsp3) is 0.643. The standard InChI is InChI=1S/C14H22N2/c1-11-5-7-14(8-6-11)16-12(2)13-4-3-9-15-10-13/h3-4,9-12,14,16H,5-8H2,1-2H3/t11?,12-,14?/m1/s1. The molecule has 0 aliphatic heterocycles. The van der Waals surface area contributed by atoms with Crippen LogP contribution in [-0.4, -0.2) is 11.0 Å². The van der Waals surface area contributed by atoms with Gasteiger partial charge in [0.15, 0.2) is 0 Å². The first-order chi connectivity index (χ1) is 7.75. The van der Waals surface area contributed by atoms with Crippen molar-refractivity contribution in [2.24, 2.45) is 5.92 Å². The Morgan fingerprint density at radius 1 is 1.31 bits per heavy atom. The van der Waals surface area contributed by atoms with Gasteiger partial charge in [-0.1, -0.05) is 13.0 Å². The van der Waals surface area contributed by atoms with Crippen molar-refractivity contribution in [3.63, 3.8) is 0 Å². The lowest BCUT2D eigenvalue weighted by molar-refractivity contribution is 0.291. The minimum absolute atomic E-state index is 0.423. The Balaban J connectivity index is 1.86. The molecule has 0 radical (unpaired) electrons. The average molecular weight is 218 g/mol. The van der Waals surface area contributed by atoms with Crippen molar-refractivity contribution in [1.29, 1.82) is 0 Å². The van der Waals surface area contributed by atoms with E-state index in [0.29, 0.717) is 12.1 Å². The normalized spacial score (nSPS) is 27.6. The number of aromatic nitrogens is 1. The molecule has 1 heterocycles. The first-order valence-electron chi connectivity index (χ1n) is 6.41. The number of nitrogens with zero attached hydrogens (tertiary/aromatic N) is 1. The molecular weight excluding hydrogens is 196 g/mol. The van der Waals surface area contributed by atoms with Crippen LogP contribution in [0, 0.1) is 5.92 Å². The van der Waals surface area contributed by atoms with Crippen LogP contribution in [0.3, 0.4) is 0 Å². The quantitative estimate of drug-likeness (QED) is 0.842. The second-order valence-corrected chi connectivity index (χ2v) is 5.13. The second-order valence-electron chi connectivity index (χ2n) is 5.13. The van der Waals surface area contributed by atoms with Gasteiger partial charge < -0.3 is 5.32 Å². The van der Waals surface area contributed by atoms with E-state index in [1.165, 1.54) is 31.2 Å². The molecule has 1 aliphatic carbocycles. The van der Waals surface area contributed by atoms with Gasteiger partial charge in [-0.15, -0.1) is 0 Å². The summed E-state index contributed by atoms with van der Waals surface area (Å²) in [6.07, 6.45) is 9.19. The third kappa shape index (κ3) is 3.05. The molecule has 0 saturated heterocycles. The lowest BCUT2D eigenvalue weighted by Crippen LogP contribution is -2.34. The molecule has 2 heteroatoms. The molecule has 88 valence electrons. The molecule has 0 spiro atoms. The van der Waals surface area contributed by atoms with Gasteiger partial charge in [0.25, 0.3) is 0 Å². The van der Waals surface area contributed by atoms with E-state index >= 15 is 0 Å². The summed E-state index contributed by atoms with van der Waals surface area (Å²) >= 11 is 0. The van der Waals surface area contributed by atoms with Crippen molar-refractivity contribution in [2.45, 2.75) is 51.6 Å². The molecule has 1 N–H and O–H groups in total. The number of hydrogen-bond acceptors (Lipinski definition) is 2. The van der Waals surface area contributed by atoms with Crippen LogP contribution in [0.25, 0.3) is 0 Å². The monoisotopic (exact) mass is 218 g/mol. The van der Waals surface area contributed by atoms with Gasteiger partial charge in [0.05, 0.1) is 0 Å². The predicted molar refractivity (Wildman–Crippen MR) is 67.2 cm³/mol. The minimum atomic E-state index is 0.423. The largest absolute Gasteiger partial charge is 0.307 e.